The van der Waals surface area contributed by atoms with Gasteiger partial charge < -0.3 is 11.5 Å². The van der Waals surface area contributed by atoms with Gasteiger partial charge in [-0.05, 0) is 30.7 Å². The third-order valence-electron chi connectivity index (χ3n) is 1.54. The second-order valence-electron chi connectivity index (χ2n) is 2.56. The van der Waals surface area contributed by atoms with Gasteiger partial charge in [0, 0.05) is 16.2 Å². The van der Waals surface area contributed by atoms with Crippen LogP contribution < -0.4 is 11.5 Å². The average molecular weight is 215 g/mol. The summed E-state index contributed by atoms with van der Waals surface area (Å²) in [5.41, 5.74) is 13.1. The summed E-state index contributed by atoms with van der Waals surface area (Å²) in [5, 5.41) is 0. The maximum absolute atomic E-state index is 5.69. The molecule has 0 bridgehead atoms. The molecule has 0 heterocycles. The molecule has 0 amide bonds. The minimum Gasteiger partial charge on any atom is -0.398 e. The lowest BCUT2D eigenvalue weighted by molar-refractivity contribution is 0.820. The highest BCUT2D eigenvalue weighted by molar-refractivity contribution is 9.10. The van der Waals surface area contributed by atoms with Gasteiger partial charge in [0.05, 0.1) is 0 Å². The molecule has 0 aromatic heterocycles. The molecule has 2 nitrogen and oxygen atoms in total. The summed E-state index contributed by atoms with van der Waals surface area (Å²) in [7, 11) is 0. The predicted octanol–water partition coefficient (Wildman–Crippen LogP) is 2.05. The van der Waals surface area contributed by atoms with E-state index in [0.717, 1.165) is 15.7 Å². The van der Waals surface area contributed by atoms with E-state index in [2.05, 4.69) is 15.9 Å². The van der Waals surface area contributed by atoms with Gasteiger partial charge in [-0.2, -0.15) is 0 Å². The van der Waals surface area contributed by atoms with Crippen LogP contribution in [0.5, 0.6) is 0 Å². The van der Waals surface area contributed by atoms with E-state index in [9.17, 15) is 0 Å². The van der Waals surface area contributed by atoms with Crippen molar-refractivity contribution in [3.63, 3.8) is 0 Å². The number of nitrogens with two attached hydrogens (primary N) is 2. The van der Waals surface area contributed by atoms with Gasteiger partial charge in [0.25, 0.3) is 0 Å². The highest BCUT2D eigenvalue weighted by atomic mass is 79.9. The Morgan fingerprint density at radius 1 is 1.45 bits per heavy atom. The number of nitrogen functional groups attached to an aromatic ring is 1. The molecule has 1 rings (SSSR count). The van der Waals surface area contributed by atoms with E-state index >= 15 is 0 Å². The maximum Gasteiger partial charge on any atom is 0.0363 e. The van der Waals surface area contributed by atoms with Crippen LogP contribution in [0.3, 0.4) is 0 Å². The van der Waals surface area contributed by atoms with E-state index in [1.165, 1.54) is 0 Å². The van der Waals surface area contributed by atoms with Gasteiger partial charge in [0.2, 0.25) is 0 Å². The van der Waals surface area contributed by atoms with Crippen molar-refractivity contribution in [1.29, 1.82) is 0 Å². The normalized spacial score (nSPS) is 13.0. The first-order valence-corrected chi connectivity index (χ1v) is 4.21. The van der Waals surface area contributed by atoms with Crippen molar-refractivity contribution in [2.45, 2.75) is 13.0 Å². The van der Waals surface area contributed by atoms with Crippen LogP contribution in [0.2, 0.25) is 0 Å². The lowest BCUT2D eigenvalue weighted by Crippen LogP contribution is -2.07. The van der Waals surface area contributed by atoms with Crippen LogP contribution in [0.4, 0.5) is 5.69 Å². The van der Waals surface area contributed by atoms with Crippen LogP contribution in [0.15, 0.2) is 22.7 Å². The first kappa shape index (κ1) is 8.56. The fourth-order valence-corrected chi connectivity index (χ4v) is 1.32. The number of rotatable bonds is 1. The molecular weight excluding hydrogens is 204 g/mol. The van der Waals surface area contributed by atoms with Crippen molar-refractivity contribution in [1.82, 2.24) is 0 Å². The van der Waals surface area contributed by atoms with E-state index in [-0.39, 0.29) is 6.04 Å². The van der Waals surface area contributed by atoms with Gasteiger partial charge in [-0.25, -0.2) is 0 Å². The molecule has 0 unspecified atom stereocenters. The van der Waals surface area contributed by atoms with Gasteiger partial charge in [-0.1, -0.05) is 15.9 Å². The Morgan fingerprint density at radius 2 is 2.09 bits per heavy atom. The smallest absolute Gasteiger partial charge is 0.0363 e. The summed E-state index contributed by atoms with van der Waals surface area (Å²) in [6, 6.07) is 5.69. The van der Waals surface area contributed by atoms with E-state index in [4.69, 9.17) is 11.5 Å². The molecule has 60 valence electrons. The van der Waals surface area contributed by atoms with E-state index in [0.29, 0.717) is 0 Å². The van der Waals surface area contributed by atoms with E-state index in [1.807, 2.05) is 25.1 Å². The predicted molar refractivity (Wildman–Crippen MR) is 51.2 cm³/mol. The van der Waals surface area contributed by atoms with Crippen LogP contribution in [-0.2, 0) is 0 Å². The molecule has 1 aromatic rings. The topological polar surface area (TPSA) is 52.0 Å². The molecule has 0 aliphatic carbocycles. The summed E-state index contributed by atoms with van der Waals surface area (Å²) in [5.74, 6) is 0. The molecule has 1 aromatic carbocycles. The Hall–Kier alpha value is -0.540. The van der Waals surface area contributed by atoms with Crippen molar-refractivity contribution < 1.29 is 0 Å². The molecule has 0 saturated heterocycles. The van der Waals surface area contributed by atoms with Gasteiger partial charge in [0.15, 0.2) is 0 Å². The van der Waals surface area contributed by atoms with Crippen LogP contribution in [-0.4, -0.2) is 0 Å². The minimum absolute atomic E-state index is 0.00694. The summed E-state index contributed by atoms with van der Waals surface area (Å²) < 4.78 is 1.01. The van der Waals surface area contributed by atoms with Gasteiger partial charge in [-0.15, -0.1) is 0 Å². The lowest BCUT2D eigenvalue weighted by atomic mass is 10.1. The molecule has 0 aliphatic rings. The van der Waals surface area contributed by atoms with Gasteiger partial charge in [-0.3, -0.25) is 0 Å². The summed E-state index contributed by atoms with van der Waals surface area (Å²) in [6.07, 6.45) is 0. The Bertz CT molecular complexity index is 258. The van der Waals surface area contributed by atoms with Crippen LogP contribution >= 0.6 is 15.9 Å². The zero-order chi connectivity index (χ0) is 8.43. The Labute approximate surface area is 74.7 Å². The standard InChI is InChI=1S/C8H11BrN2/c1-5(10)7-4-6(9)2-3-8(7)11/h2-5H,10-11H2,1H3/t5-/m1/s1. The van der Waals surface area contributed by atoms with Crippen molar-refractivity contribution in [2.24, 2.45) is 5.73 Å². The number of hydrogen-bond donors (Lipinski definition) is 2. The molecule has 3 heteroatoms. The second kappa shape index (κ2) is 3.24. The van der Waals surface area contributed by atoms with Crippen molar-refractivity contribution in [2.75, 3.05) is 5.73 Å². The van der Waals surface area contributed by atoms with Crippen molar-refractivity contribution in [3.05, 3.63) is 28.2 Å². The average Bonchev–Trinajstić information content (AvgIpc) is 1.94. The molecule has 4 N–H and O–H groups in total. The number of benzene rings is 1. The molecule has 0 radical (unpaired) electrons. The minimum atomic E-state index is -0.00694. The Kier molecular flexibility index (Phi) is 2.52. The first-order valence-electron chi connectivity index (χ1n) is 3.42. The number of halogens is 1. The second-order valence-corrected chi connectivity index (χ2v) is 3.48. The Morgan fingerprint density at radius 3 is 2.55 bits per heavy atom. The molecule has 11 heavy (non-hydrogen) atoms. The highest BCUT2D eigenvalue weighted by Gasteiger charge is 2.03. The van der Waals surface area contributed by atoms with E-state index in [1.54, 1.807) is 0 Å². The summed E-state index contributed by atoms with van der Waals surface area (Å²) in [4.78, 5) is 0. The maximum atomic E-state index is 5.69. The van der Waals surface area contributed by atoms with E-state index < -0.39 is 0 Å². The zero-order valence-corrected chi connectivity index (χ0v) is 7.93. The van der Waals surface area contributed by atoms with Crippen LogP contribution in [0, 0.1) is 0 Å². The lowest BCUT2D eigenvalue weighted by Gasteiger charge is -2.08. The number of hydrogen-bond acceptors (Lipinski definition) is 2. The van der Waals surface area contributed by atoms with Crippen LogP contribution in [0.1, 0.15) is 18.5 Å². The quantitative estimate of drug-likeness (QED) is 0.704. The monoisotopic (exact) mass is 214 g/mol. The summed E-state index contributed by atoms with van der Waals surface area (Å²) in [6.45, 7) is 1.91. The molecule has 1 atom stereocenters. The van der Waals surface area contributed by atoms with Gasteiger partial charge >= 0.3 is 0 Å². The fourth-order valence-electron chi connectivity index (χ4n) is 0.940. The highest BCUT2D eigenvalue weighted by Crippen LogP contribution is 2.22. The third kappa shape index (κ3) is 1.94. The van der Waals surface area contributed by atoms with Crippen molar-refractivity contribution >= 4 is 21.6 Å². The first-order chi connectivity index (χ1) is 5.11. The molecule has 0 fully saturated rings. The summed E-state index contributed by atoms with van der Waals surface area (Å²) >= 11 is 3.35. The molecule has 0 spiro atoms. The van der Waals surface area contributed by atoms with Crippen LogP contribution in [0.25, 0.3) is 0 Å². The fraction of sp³-hybridized carbons (Fsp3) is 0.250. The third-order valence-corrected chi connectivity index (χ3v) is 2.03. The largest absolute Gasteiger partial charge is 0.398 e. The molecule has 0 saturated carbocycles. The van der Waals surface area contributed by atoms with Gasteiger partial charge in [0.1, 0.15) is 0 Å². The van der Waals surface area contributed by atoms with Crippen molar-refractivity contribution in [3.8, 4) is 0 Å². The molecule has 0 aliphatic heterocycles. The number of anilines is 1. The Balaban J connectivity index is 3.13. The zero-order valence-electron chi connectivity index (χ0n) is 6.34. The SMILES string of the molecule is C[C@@H](N)c1cc(Br)ccc1N. The molecular formula is C8H11BrN2.